The molecular formula is C24H24F2N4O2S. The molecule has 0 bridgehead atoms. The van der Waals surface area contributed by atoms with Gasteiger partial charge < -0.3 is 4.74 Å². The lowest BCUT2D eigenvalue weighted by Gasteiger charge is -2.31. The van der Waals surface area contributed by atoms with Crippen LogP contribution >= 0.6 is 11.8 Å². The monoisotopic (exact) mass is 470 g/mol. The largest absolute Gasteiger partial charge is 0.447 e. The molecule has 1 aromatic heterocycles. The Labute approximate surface area is 195 Å². The van der Waals surface area contributed by atoms with Gasteiger partial charge in [0.05, 0.1) is 11.3 Å². The molecule has 0 aliphatic carbocycles. The second-order valence-electron chi connectivity index (χ2n) is 8.20. The molecule has 0 fully saturated rings. The van der Waals surface area contributed by atoms with Crippen LogP contribution in [-0.2, 0) is 4.79 Å². The third kappa shape index (κ3) is 4.55. The van der Waals surface area contributed by atoms with E-state index >= 15 is 0 Å². The highest BCUT2D eigenvalue weighted by Crippen LogP contribution is 2.44. The maximum atomic E-state index is 14.9. The number of hydrogen-bond donors (Lipinski definition) is 0. The Kier molecular flexibility index (Phi) is 6.60. The van der Waals surface area contributed by atoms with Crippen molar-refractivity contribution in [1.82, 2.24) is 15.2 Å². The number of carbonyl (C=O) groups excluding carboxylic acids is 1. The molecule has 3 aromatic rings. The standard InChI is InChI=1S/C24H24F2N4O2S/c1-5-19(31)30-18-10-9-14(4)11-16(18)21-22(27-24(29-28-21)33-12-13(2)3)32-23(30)15-7-6-8-17(25)20(15)26/h6-11,13,23H,5,12H2,1-4H3. The summed E-state index contributed by atoms with van der Waals surface area (Å²) in [6.45, 7) is 7.77. The molecule has 1 atom stereocenters. The summed E-state index contributed by atoms with van der Waals surface area (Å²) in [5, 5.41) is 9.01. The van der Waals surface area contributed by atoms with Crippen LogP contribution in [0.4, 0.5) is 14.5 Å². The van der Waals surface area contributed by atoms with Gasteiger partial charge >= 0.3 is 0 Å². The van der Waals surface area contributed by atoms with E-state index in [4.69, 9.17) is 4.74 Å². The minimum atomic E-state index is -1.27. The number of rotatable bonds is 5. The molecule has 0 N–H and O–H groups in total. The Hall–Kier alpha value is -3.07. The lowest BCUT2D eigenvalue weighted by atomic mass is 10.0. The highest BCUT2D eigenvalue weighted by atomic mass is 32.2. The number of aryl methyl sites for hydroxylation is 1. The Bertz CT molecular complexity index is 1210. The molecule has 0 saturated carbocycles. The summed E-state index contributed by atoms with van der Waals surface area (Å²) in [4.78, 5) is 19.0. The Morgan fingerprint density at radius 3 is 2.73 bits per heavy atom. The maximum absolute atomic E-state index is 14.9. The van der Waals surface area contributed by atoms with E-state index in [2.05, 4.69) is 29.0 Å². The van der Waals surface area contributed by atoms with Crippen LogP contribution in [0.2, 0.25) is 0 Å². The summed E-state index contributed by atoms with van der Waals surface area (Å²) in [5.41, 5.74) is 2.23. The van der Waals surface area contributed by atoms with Crippen molar-refractivity contribution < 1.29 is 18.3 Å². The smallest absolute Gasteiger partial charge is 0.247 e. The van der Waals surface area contributed by atoms with Crippen LogP contribution in [-0.4, -0.2) is 26.8 Å². The molecule has 2 heterocycles. The van der Waals surface area contributed by atoms with Crippen molar-refractivity contribution in [2.75, 3.05) is 10.7 Å². The van der Waals surface area contributed by atoms with E-state index in [0.717, 1.165) is 17.4 Å². The van der Waals surface area contributed by atoms with E-state index in [0.29, 0.717) is 28.0 Å². The van der Waals surface area contributed by atoms with E-state index in [9.17, 15) is 13.6 Å². The van der Waals surface area contributed by atoms with Gasteiger partial charge in [0.25, 0.3) is 0 Å². The lowest BCUT2D eigenvalue weighted by molar-refractivity contribution is -0.120. The van der Waals surface area contributed by atoms with Crippen LogP contribution in [0.5, 0.6) is 5.88 Å². The first-order valence-electron chi connectivity index (χ1n) is 10.7. The molecule has 2 aromatic carbocycles. The maximum Gasteiger partial charge on any atom is 0.247 e. The van der Waals surface area contributed by atoms with Crippen molar-refractivity contribution in [3.05, 3.63) is 59.2 Å². The van der Waals surface area contributed by atoms with Crippen molar-refractivity contribution in [2.24, 2.45) is 5.92 Å². The van der Waals surface area contributed by atoms with Crippen molar-refractivity contribution in [3.63, 3.8) is 0 Å². The van der Waals surface area contributed by atoms with E-state index in [1.54, 1.807) is 13.0 Å². The molecule has 4 rings (SSSR count). The average molecular weight is 471 g/mol. The topological polar surface area (TPSA) is 68.2 Å². The van der Waals surface area contributed by atoms with Crippen molar-refractivity contribution >= 4 is 23.4 Å². The number of amides is 1. The summed E-state index contributed by atoms with van der Waals surface area (Å²) >= 11 is 1.43. The molecule has 172 valence electrons. The molecule has 33 heavy (non-hydrogen) atoms. The fourth-order valence-electron chi connectivity index (χ4n) is 3.53. The summed E-state index contributed by atoms with van der Waals surface area (Å²) in [7, 11) is 0. The molecule has 1 aliphatic heterocycles. The number of nitrogens with zero attached hydrogens (tertiary/aromatic N) is 4. The van der Waals surface area contributed by atoms with Crippen molar-refractivity contribution in [1.29, 1.82) is 0 Å². The predicted molar refractivity (Wildman–Crippen MR) is 123 cm³/mol. The van der Waals surface area contributed by atoms with Gasteiger partial charge in [-0.05, 0) is 31.0 Å². The number of hydrogen-bond acceptors (Lipinski definition) is 6. The number of aromatic nitrogens is 3. The van der Waals surface area contributed by atoms with Crippen molar-refractivity contribution in [2.45, 2.75) is 45.5 Å². The van der Waals surface area contributed by atoms with Crippen LogP contribution in [0, 0.1) is 24.5 Å². The average Bonchev–Trinajstić information content (AvgIpc) is 2.93. The number of fused-ring (bicyclic) bond motifs is 3. The fourth-order valence-corrected chi connectivity index (χ4v) is 4.26. The summed E-state index contributed by atoms with van der Waals surface area (Å²) in [6.07, 6.45) is -1.13. The first kappa shape index (κ1) is 23.1. The minimum absolute atomic E-state index is 0.105. The van der Waals surface area contributed by atoms with Crippen LogP contribution in [0.1, 0.15) is 44.5 Å². The first-order valence-corrected chi connectivity index (χ1v) is 11.7. The fraction of sp³-hybridized carbons (Fsp3) is 0.333. The third-order valence-electron chi connectivity index (χ3n) is 5.12. The second kappa shape index (κ2) is 9.43. The Morgan fingerprint density at radius 2 is 2.00 bits per heavy atom. The SMILES string of the molecule is CCC(=O)N1c2ccc(C)cc2-c2nnc(SCC(C)C)nc2OC1c1cccc(F)c1F. The van der Waals surface area contributed by atoms with E-state index in [1.165, 1.54) is 28.8 Å². The number of benzene rings is 2. The zero-order valence-corrected chi connectivity index (χ0v) is 19.6. The minimum Gasteiger partial charge on any atom is -0.447 e. The molecule has 1 unspecified atom stereocenters. The van der Waals surface area contributed by atoms with E-state index in [1.807, 2.05) is 19.1 Å². The lowest BCUT2D eigenvalue weighted by Crippen LogP contribution is -2.38. The van der Waals surface area contributed by atoms with Gasteiger partial charge in [0.2, 0.25) is 23.2 Å². The molecule has 1 aliphatic rings. The normalized spacial score (nSPS) is 15.0. The first-order chi connectivity index (χ1) is 15.8. The molecule has 1 amide bonds. The Morgan fingerprint density at radius 1 is 1.21 bits per heavy atom. The van der Waals surface area contributed by atoms with Crippen molar-refractivity contribution in [3.8, 4) is 17.1 Å². The van der Waals surface area contributed by atoms with Gasteiger partial charge in [-0.2, -0.15) is 4.98 Å². The predicted octanol–water partition coefficient (Wildman–Crippen LogP) is 5.71. The van der Waals surface area contributed by atoms with Gasteiger partial charge in [-0.15, -0.1) is 10.2 Å². The highest BCUT2D eigenvalue weighted by Gasteiger charge is 2.37. The summed E-state index contributed by atoms with van der Waals surface area (Å²) in [6, 6.07) is 9.26. The van der Waals surface area contributed by atoms with E-state index < -0.39 is 17.9 Å². The molecular weight excluding hydrogens is 446 g/mol. The van der Waals surface area contributed by atoms with Crippen LogP contribution < -0.4 is 9.64 Å². The zero-order chi connectivity index (χ0) is 23.7. The Balaban J connectivity index is 1.95. The zero-order valence-electron chi connectivity index (χ0n) is 18.8. The van der Waals surface area contributed by atoms with Gasteiger partial charge in [-0.25, -0.2) is 8.78 Å². The van der Waals surface area contributed by atoms with Gasteiger partial charge in [0.1, 0.15) is 0 Å². The molecule has 0 radical (unpaired) electrons. The van der Waals surface area contributed by atoms with E-state index in [-0.39, 0.29) is 23.8 Å². The number of carbonyl (C=O) groups is 1. The molecule has 6 nitrogen and oxygen atoms in total. The highest BCUT2D eigenvalue weighted by molar-refractivity contribution is 7.99. The number of anilines is 1. The number of thioether (sulfide) groups is 1. The quantitative estimate of drug-likeness (QED) is 0.445. The van der Waals surface area contributed by atoms with Gasteiger partial charge in [0.15, 0.2) is 17.3 Å². The number of halogens is 2. The van der Waals surface area contributed by atoms with Gasteiger partial charge in [-0.1, -0.05) is 56.3 Å². The van der Waals surface area contributed by atoms with Gasteiger partial charge in [-0.3, -0.25) is 9.69 Å². The third-order valence-corrected chi connectivity index (χ3v) is 6.39. The molecule has 9 heteroatoms. The summed E-state index contributed by atoms with van der Waals surface area (Å²) < 4.78 is 35.2. The summed E-state index contributed by atoms with van der Waals surface area (Å²) in [5.74, 6) is -1.12. The molecule has 0 spiro atoms. The van der Waals surface area contributed by atoms with Crippen LogP contribution in [0.25, 0.3) is 11.3 Å². The molecule has 0 saturated heterocycles. The van der Waals surface area contributed by atoms with Gasteiger partial charge in [0, 0.05) is 17.7 Å². The van der Waals surface area contributed by atoms with Crippen LogP contribution in [0.15, 0.2) is 41.6 Å². The second-order valence-corrected chi connectivity index (χ2v) is 9.19. The number of ether oxygens (including phenoxy) is 1. The van der Waals surface area contributed by atoms with Crippen LogP contribution in [0.3, 0.4) is 0 Å².